The van der Waals surface area contributed by atoms with Gasteiger partial charge in [0.25, 0.3) is 0 Å². The van der Waals surface area contributed by atoms with Crippen LogP contribution in [-0.4, -0.2) is 47.4 Å². The molecule has 0 bridgehead atoms. The second kappa shape index (κ2) is 62.9. The largest absolute Gasteiger partial charge is 0.466 e. The van der Waals surface area contributed by atoms with Crippen molar-refractivity contribution in [2.24, 2.45) is 0 Å². The summed E-state index contributed by atoms with van der Waals surface area (Å²) in [6, 6.07) is -0.630. The van der Waals surface area contributed by atoms with Crippen LogP contribution in [0.25, 0.3) is 0 Å². The lowest BCUT2D eigenvalue weighted by molar-refractivity contribution is -0.143. The maximum Gasteiger partial charge on any atom is 0.305 e. The van der Waals surface area contributed by atoms with E-state index >= 15 is 0 Å². The molecule has 0 rings (SSSR count). The van der Waals surface area contributed by atoms with Gasteiger partial charge in [-0.25, -0.2) is 0 Å². The molecule has 2 atom stereocenters. The zero-order valence-electron chi connectivity index (χ0n) is 49.4. The Morgan fingerprint density at radius 2 is 0.644 bits per heavy atom. The second-order valence-corrected chi connectivity index (χ2v) is 22.8. The Morgan fingerprint density at radius 1 is 0.370 bits per heavy atom. The Balaban J connectivity index is 3.40. The highest BCUT2D eigenvalue weighted by Crippen LogP contribution is 2.18. The summed E-state index contributed by atoms with van der Waals surface area (Å²) in [6.07, 6.45) is 78.1. The smallest absolute Gasteiger partial charge is 0.305 e. The number of rotatable bonds is 62. The Kier molecular flexibility index (Phi) is 61.4. The van der Waals surface area contributed by atoms with E-state index in [1.165, 1.54) is 302 Å². The predicted octanol–water partition coefficient (Wildman–Crippen LogP) is 21.0. The molecule has 6 nitrogen and oxygen atoms in total. The first-order valence-electron chi connectivity index (χ1n) is 33.1. The Hall–Kier alpha value is -1.66. The average molecular weight is 1030 g/mol. The van der Waals surface area contributed by atoms with Gasteiger partial charge >= 0.3 is 5.97 Å². The number of esters is 1. The third-order valence-corrected chi connectivity index (χ3v) is 15.5. The minimum absolute atomic E-state index is 0.0164. The molecule has 0 aromatic heterocycles. The maximum atomic E-state index is 12.5. The van der Waals surface area contributed by atoms with Gasteiger partial charge in [-0.2, -0.15) is 0 Å². The summed E-state index contributed by atoms with van der Waals surface area (Å²) in [5.74, 6) is -0.0523. The molecule has 0 spiro atoms. The fourth-order valence-electron chi connectivity index (χ4n) is 10.4. The quantitative estimate of drug-likeness (QED) is 0.0320. The summed E-state index contributed by atoms with van der Waals surface area (Å²) in [6.45, 7) is 4.93. The molecular weight excluding hydrogens is 899 g/mol. The van der Waals surface area contributed by atoms with Crippen molar-refractivity contribution in [3.63, 3.8) is 0 Å². The van der Waals surface area contributed by atoms with Crippen LogP contribution in [0.3, 0.4) is 0 Å². The van der Waals surface area contributed by atoms with Crippen molar-refractivity contribution < 1.29 is 24.5 Å². The highest BCUT2D eigenvalue weighted by molar-refractivity contribution is 5.76. The number of hydrogen-bond acceptors (Lipinski definition) is 5. The van der Waals surface area contributed by atoms with Crippen LogP contribution in [0.5, 0.6) is 0 Å². The van der Waals surface area contributed by atoms with Crippen molar-refractivity contribution in [2.75, 3.05) is 13.2 Å². The van der Waals surface area contributed by atoms with Gasteiger partial charge in [0.15, 0.2) is 0 Å². The van der Waals surface area contributed by atoms with Crippen molar-refractivity contribution in [1.82, 2.24) is 5.32 Å². The normalized spacial score (nSPS) is 12.7. The predicted molar refractivity (Wildman–Crippen MR) is 320 cm³/mol. The molecule has 0 fully saturated rings. The number of amides is 1. The van der Waals surface area contributed by atoms with Gasteiger partial charge in [0.2, 0.25) is 5.91 Å². The summed E-state index contributed by atoms with van der Waals surface area (Å²) in [5.41, 5.74) is 0. The first kappa shape index (κ1) is 71.3. The number of nitrogens with one attached hydrogen (secondary N) is 1. The summed E-state index contributed by atoms with van der Waals surface area (Å²) in [5, 5.41) is 23.2. The van der Waals surface area contributed by atoms with E-state index in [1.807, 2.05) is 6.08 Å². The summed E-state index contributed by atoms with van der Waals surface area (Å²) < 4.78 is 5.49. The van der Waals surface area contributed by atoms with Gasteiger partial charge in [0, 0.05) is 12.8 Å². The average Bonchev–Trinajstić information content (AvgIpc) is 3.39. The molecule has 0 aromatic carbocycles. The maximum absolute atomic E-state index is 12.5. The van der Waals surface area contributed by atoms with Crippen LogP contribution < -0.4 is 5.32 Å². The topological polar surface area (TPSA) is 95.9 Å². The van der Waals surface area contributed by atoms with Crippen LogP contribution in [0.2, 0.25) is 0 Å². The van der Waals surface area contributed by atoms with E-state index in [2.05, 4.69) is 31.3 Å². The fourth-order valence-corrected chi connectivity index (χ4v) is 10.4. The molecule has 6 heteroatoms. The van der Waals surface area contributed by atoms with Crippen molar-refractivity contribution in [3.05, 3.63) is 24.3 Å². The summed E-state index contributed by atoms with van der Waals surface area (Å²) in [7, 11) is 0. The Labute approximate surface area is 456 Å². The molecule has 0 radical (unpaired) electrons. The molecule has 0 saturated carbocycles. The SMILES string of the molecule is CCCCCCCCCCCCCCCC/C=C/C(O)C(CO)NC(=O)CCCCCCCCCCC/C=C\CCCCCCCCCCCCCCOC(=O)CCCCCCCCCCCCCCCCC. The molecule has 0 aliphatic carbocycles. The molecule has 0 aliphatic rings. The van der Waals surface area contributed by atoms with E-state index in [0.29, 0.717) is 19.4 Å². The van der Waals surface area contributed by atoms with Gasteiger partial charge in [-0.15, -0.1) is 0 Å². The molecule has 2 unspecified atom stereocenters. The molecule has 0 aromatic rings. The Morgan fingerprint density at radius 3 is 0.973 bits per heavy atom. The fraction of sp³-hybridized carbons (Fsp3) is 0.910. The minimum atomic E-state index is -0.846. The molecule has 3 N–H and O–H groups in total. The second-order valence-electron chi connectivity index (χ2n) is 22.8. The lowest BCUT2D eigenvalue weighted by Gasteiger charge is -2.20. The number of aliphatic hydroxyl groups excluding tert-OH is 2. The lowest BCUT2D eigenvalue weighted by Crippen LogP contribution is -2.45. The van der Waals surface area contributed by atoms with Crippen LogP contribution in [0.15, 0.2) is 24.3 Å². The molecule has 73 heavy (non-hydrogen) atoms. The zero-order chi connectivity index (χ0) is 52.9. The minimum Gasteiger partial charge on any atom is -0.466 e. The van der Waals surface area contributed by atoms with Crippen molar-refractivity contribution >= 4 is 11.9 Å². The molecule has 432 valence electrons. The van der Waals surface area contributed by atoms with Gasteiger partial charge in [0.1, 0.15) is 0 Å². The van der Waals surface area contributed by atoms with Crippen LogP contribution in [0.1, 0.15) is 367 Å². The van der Waals surface area contributed by atoms with Crippen molar-refractivity contribution in [2.45, 2.75) is 379 Å². The standard InChI is InChI=1S/C67H129NO5/c1-3-5-7-9-11-13-15-17-19-32-35-39-43-47-51-55-59-65(70)64(63-69)68-66(71)60-56-52-48-44-40-36-33-29-27-25-23-21-20-22-24-26-28-30-34-38-42-46-50-54-58-62-73-67(72)61-57-53-49-45-41-37-31-18-16-14-12-10-8-6-4-2/h21,23,55,59,64-65,69-70H,3-20,22,24-54,56-58,60-63H2,1-2H3,(H,68,71)/b23-21-,59-55+. The highest BCUT2D eigenvalue weighted by atomic mass is 16.5. The molecular formula is C67H129NO5. The van der Waals surface area contributed by atoms with Crippen LogP contribution in [0.4, 0.5) is 0 Å². The van der Waals surface area contributed by atoms with Gasteiger partial charge in [-0.05, 0) is 57.8 Å². The van der Waals surface area contributed by atoms with Gasteiger partial charge in [-0.3, -0.25) is 9.59 Å². The van der Waals surface area contributed by atoms with Crippen LogP contribution in [-0.2, 0) is 14.3 Å². The van der Waals surface area contributed by atoms with Crippen LogP contribution in [0, 0.1) is 0 Å². The third kappa shape index (κ3) is 59.4. The van der Waals surface area contributed by atoms with E-state index in [9.17, 15) is 19.8 Å². The van der Waals surface area contributed by atoms with Crippen LogP contribution >= 0.6 is 0 Å². The van der Waals surface area contributed by atoms with Gasteiger partial charge in [0.05, 0.1) is 25.4 Å². The van der Waals surface area contributed by atoms with E-state index in [0.717, 1.165) is 38.5 Å². The van der Waals surface area contributed by atoms with Crippen molar-refractivity contribution in [3.8, 4) is 0 Å². The first-order valence-corrected chi connectivity index (χ1v) is 33.1. The third-order valence-electron chi connectivity index (χ3n) is 15.5. The summed E-state index contributed by atoms with van der Waals surface area (Å²) >= 11 is 0. The summed E-state index contributed by atoms with van der Waals surface area (Å²) in [4.78, 5) is 24.5. The van der Waals surface area contributed by atoms with Gasteiger partial charge < -0.3 is 20.3 Å². The number of unbranched alkanes of at least 4 members (excludes halogenated alkanes) is 49. The highest BCUT2D eigenvalue weighted by Gasteiger charge is 2.18. The van der Waals surface area contributed by atoms with E-state index < -0.39 is 12.1 Å². The lowest BCUT2D eigenvalue weighted by atomic mass is 10.0. The molecule has 0 aliphatic heterocycles. The number of allylic oxidation sites excluding steroid dienone is 3. The Bertz CT molecular complexity index is 1140. The van der Waals surface area contributed by atoms with Crippen molar-refractivity contribution in [1.29, 1.82) is 0 Å². The molecule has 0 heterocycles. The van der Waals surface area contributed by atoms with Gasteiger partial charge in [-0.1, -0.05) is 321 Å². The number of carbonyl (C=O) groups is 2. The van der Waals surface area contributed by atoms with E-state index in [-0.39, 0.29) is 18.5 Å². The zero-order valence-corrected chi connectivity index (χ0v) is 49.4. The van der Waals surface area contributed by atoms with E-state index in [1.54, 1.807) is 6.08 Å². The molecule has 1 amide bonds. The first-order chi connectivity index (χ1) is 36.0. The number of hydrogen-bond donors (Lipinski definition) is 3. The number of aliphatic hydroxyl groups is 2. The molecule has 0 saturated heterocycles. The monoisotopic (exact) mass is 1030 g/mol. The number of ether oxygens (including phenoxy) is 1. The van der Waals surface area contributed by atoms with E-state index in [4.69, 9.17) is 4.74 Å². The number of carbonyl (C=O) groups excluding carboxylic acids is 2.